The summed E-state index contributed by atoms with van der Waals surface area (Å²) >= 11 is 0. The van der Waals surface area contributed by atoms with Gasteiger partial charge in [-0.15, -0.1) is 0 Å². The van der Waals surface area contributed by atoms with Crippen molar-refractivity contribution in [3.63, 3.8) is 0 Å². The Hall–Kier alpha value is -2.03. The molecule has 0 radical (unpaired) electrons. The van der Waals surface area contributed by atoms with E-state index in [0.717, 1.165) is 16.3 Å². The average Bonchev–Trinajstić information content (AvgIpc) is 2.48. The van der Waals surface area contributed by atoms with Crippen LogP contribution in [0.2, 0.25) is 0 Å². The lowest BCUT2D eigenvalue weighted by atomic mass is 10.00. The number of aromatic hydroxyl groups is 1. The van der Waals surface area contributed by atoms with E-state index >= 15 is 0 Å². The fourth-order valence-corrected chi connectivity index (χ4v) is 3.18. The van der Waals surface area contributed by atoms with Crippen molar-refractivity contribution in [2.24, 2.45) is 5.10 Å². The van der Waals surface area contributed by atoms with Crippen LogP contribution >= 0.6 is 0 Å². The molecular formula is C18H22N2O. The lowest BCUT2D eigenvalue weighted by Gasteiger charge is -2.36. The highest BCUT2D eigenvalue weighted by Crippen LogP contribution is 2.27. The quantitative estimate of drug-likeness (QED) is 0.840. The van der Waals surface area contributed by atoms with E-state index < -0.39 is 0 Å². The van der Waals surface area contributed by atoms with Gasteiger partial charge in [-0.2, -0.15) is 5.10 Å². The Kier molecular flexibility index (Phi) is 3.82. The first kappa shape index (κ1) is 13.9. The van der Waals surface area contributed by atoms with Crippen LogP contribution in [-0.2, 0) is 0 Å². The van der Waals surface area contributed by atoms with Crippen LogP contribution in [0, 0.1) is 0 Å². The highest BCUT2D eigenvalue weighted by Gasteiger charge is 2.22. The minimum atomic E-state index is 0.287. The fourth-order valence-electron chi connectivity index (χ4n) is 3.18. The molecule has 0 bridgehead atoms. The van der Waals surface area contributed by atoms with Crippen LogP contribution in [0.15, 0.2) is 41.5 Å². The second-order valence-electron chi connectivity index (χ2n) is 5.97. The summed E-state index contributed by atoms with van der Waals surface area (Å²) in [7, 11) is 0. The van der Waals surface area contributed by atoms with Gasteiger partial charge in [-0.3, -0.25) is 5.01 Å². The molecule has 0 unspecified atom stereocenters. The molecule has 3 nitrogen and oxygen atoms in total. The zero-order valence-electron chi connectivity index (χ0n) is 12.7. The molecule has 3 rings (SSSR count). The largest absolute Gasteiger partial charge is 0.507 e. The van der Waals surface area contributed by atoms with Gasteiger partial charge in [0.25, 0.3) is 0 Å². The molecule has 0 saturated carbocycles. The molecule has 1 aliphatic rings. The summed E-state index contributed by atoms with van der Waals surface area (Å²) in [5, 5.41) is 19.2. The van der Waals surface area contributed by atoms with Crippen molar-refractivity contribution in [3.05, 3.63) is 42.0 Å². The van der Waals surface area contributed by atoms with E-state index in [1.807, 2.05) is 30.5 Å². The topological polar surface area (TPSA) is 35.8 Å². The molecule has 1 N–H and O–H groups in total. The molecule has 1 fully saturated rings. The third-order valence-corrected chi connectivity index (χ3v) is 4.41. The summed E-state index contributed by atoms with van der Waals surface area (Å²) in [4.78, 5) is 0. The molecule has 21 heavy (non-hydrogen) atoms. The van der Waals surface area contributed by atoms with Gasteiger partial charge in [-0.1, -0.05) is 30.3 Å². The molecule has 1 heterocycles. The van der Waals surface area contributed by atoms with E-state index in [4.69, 9.17) is 0 Å². The Morgan fingerprint density at radius 1 is 1.10 bits per heavy atom. The lowest BCUT2D eigenvalue weighted by molar-refractivity contribution is 0.109. The van der Waals surface area contributed by atoms with Crippen molar-refractivity contribution >= 4 is 17.0 Å². The number of rotatable bonds is 2. The lowest BCUT2D eigenvalue weighted by Crippen LogP contribution is -2.39. The number of piperidine rings is 1. The maximum absolute atomic E-state index is 10.2. The summed E-state index contributed by atoms with van der Waals surface area (Å²) in [5.41, 5.74) is 0.804. The van der Waals surface area contributed by atoms with Gasteiger partial charge >= 0.3 is 0 Å². The molecule has 1 aliphatic heterocycles. The molecular weight excluding hydrogens is 260 g/mol. The van der Waals surface area contributed by atoms with Gasteiger partial charge in [0.2, 0.25) is 0 Å². The van der Waals surface area contributed by atoms with Crippen LogP contribution in [0.3, 0.4) is 0 Å². The molecule has 0 aliphatic carbocycles. The van der Waals surface area contributed by atoms with Crippen molar-refractivity contribution in [1.29, 1.82) is 0 Å². The molecule has 2 aromatic carbocycles. The standard InChI is InChI=1S/C18H22N2O/c1-13-6-5-7-14(2)20(13)19-12-17-16-9-4-3-8-15(16)10-11-18(17)21/h3-4,8-14,21H,5-7H2,1-2H3/b19-12+/t13-,14-/m1/s1. The number of hydrogen-bond donors (Lipinski definition) is 1. The van der Waals surface area contributed by atoms with Gasteiger partial charge in [-0.25, -0.2) is 0 Å². The number of phenolic OH excluding ortho intramolecular Hbond substituents is 1. The smallest absolute Gasteiger partial charge is 0.125 e. The van der Waals surface area contributed by atoms with Gasteiger partial charge in [-0.05, 0) is 49.9 Å². The Bertz CT molecular complexity index is 655. The highest BCUT2D eigenvalue weighted by atomic mass is 16.3. The molecule has 110 valence electrons. The van der Waals surface area contributed by atoms with Crippen LogP contribution in [0.25, 0.3) is 10.8 Å². The van der Waals surface area contributed by atoms with Crippen molar-refractivity contribution in [2.45, 2.75) is 45.2 Å². The van der Waals surface area contributed by atoms with Crippen molar-refractivity contribution in [2.75, 3.05) is 0 Å². The fraction of sp³-hybridized carbons (Fsp3) is 0.389. The SMILES string of the molecule is C[C@@H]1CCC[C@@H](C)N1/N=C/c1c(O)ccc2ccccc12. The van der Waals surface area contributed by atoms with Crippen molar-refractivity contribution < 1.29 is 5.11 Å². The molecule has 0 aromatic heterocycles. The zero-order valence-corrected chi connectivity index (χ0v) is 12.7. The van der Waals surface area contributed by atoms with Crippen LogP contribution in [-0.4, -0.2) is 28.4 Å². The van der Waals surface area contributed by atoms with Gasteiger partial charge in [0, 0.05) is 17.6 Å². The number of fused-ring (bicyclic) bond motifs is 1. The normalized spacial score (nSPS) is 23.0. The van der Waals surface area contributed by atoms with E-state index in [1.54, 1.807) is 6.07 Å². The van der Waals surface area contributed by atoms with Gasteiger partial charge in [0.1, 0.15) is 5.75 Å². The van der Waals surface area contributed by atoms with Crippen LogP contribution in [0.5, 0.6) is 5.75 Å². The van der Waals surface area contributed by atoms with E-state index in [0.29, 0.717) is 12.1 Å². The van der Waals surface area contributed by atoms with E-state index in [9.17, 15) is 5.11 Å². The summed E-state index contributed by atoms with van der Waals surface area (Å²) in [6, 6.07) is 12.7. The molecule has 2 atom stereocenters. The minimum Gasteiger partial charge on any atom is -0.507 e. The second-order valence-corrected chi connectivity index (χ2v) is 5.97. The predicted octanol–water partition coefficient (Wildman–Crippen LogP) is 4.14. The minimum absolute atomic E-state index is 0.287. The molecule has 1 saturated heterocycles. The summed E-state index contributed by atoms with van der Waals surface area (Å²) in [5.74, 6) is 0.287. The van der Waals surface area contributed by atoms with Gasteiger partial charge in [0.05, 0.1) is 6.21 Å². The molecule has 2 aromatic rings. The summed E-state index contributed by atoms with van der Waals surface area (Å²) < 4.78 is 0. The summed E-state index contributed by atoms with van der Waals surface area (Å²) in [6.45, 7) is 4.44. The first-order chi connectivity index (χ1) is 10.2. The molecule has 0 spiro atoms. The Morgan fingerprint density at radius 3 is 2.57 bits per heavy atom. The number of nitrogens with zero attached hydrogens (tertiary/aromatic N) is 2. The number of hydrazone groups is 1. The van der Waals surface area contributed by atoms with E-state index in [-0.39, 0.29) is 5.75 Å². The highest BCUT2D eigenvalue weighted by molar-refractivity contribution is 6.02. The van der Waals surface area contributed by atoms with Crippen molar-refractivity contribution in [3.8, 4) is 5.75 Å². The van der Waals surface area contributed by atoms with E-state index in [1.165, 1.54) is 19.3 Å². The van der Waals surface area contributed by atoms with Crippen LogP contribution in [0.1, 0.15) is 38.7 Å². The Morgan fingerprint density at radius 2 is 1.81 bits per heavy atom. The van der Waals surface area contributed by atoms with Crippen LogP contribution < -0.4 is 0 Å². The average molecular weight is 282 g/mol. The maximum Gasteiger partial charge on any atom is 0.125 e. The van der Waals surface area contributed by atoms with Gasteiger partial charge < -0.3 is 5.11 Å². The number of phenols is 1. The third kappa shape index (κ3) is 2.73. The predicted molar refractivity (Wildman–Crippen MR) is 87.8 cm³/mol. The maximum atomic E-state index is 10.2. The number of hydrogen-bond acceptors (Lipinski definition) is 3. The second kappa shape index (κ2) is 5.76. The van der Waals surface area contributed by atoms with Crippen LogP contribution in [0.4, 0.5) is 0 Å². The first-order valence-corrected chi connectivity index (χ1v) is 7.70. The molecule has 0 amide bonds. The van der Waals surface area contributed by atoms with Gasteiger partial charge in [0.15, 0.2) is 0 Å². The van der Waals surface area contributed by atoms with Crippen molar-refractivity contribution in [1.82, 2.24) is 5.01 Å². The monoisotopic (exact) mass is 282 g/mol. The number of benzene rings is 2. The third-order valence-electron chi connectivity index (χ3n) is 4.41. The Labute approximate surface area is 125 Å². The molecule has 3 heteroatoms. The summed E-state index contributed by atoms with van der Waals surface area (Å²) in [6.07, 6.45) is 5.45. The first-order valence-electron chi connectivity index (χ1n) is 7.70. The van der Waals surface area contributed by atoms with E-state index in [2.05, 4.69) is 30.0 Å². The zero-order chi connectivity index (χ0) is 14.8. The Balaban J connectivity index is 1.97.